The van der Waals surface area contributed by atoms with Gasteiger partial charge in [0, 0.05) is 18.1 Å². The Bertz CT molecular complexity index is 1080. The molecular formula is C25H27ClFN3O5. The molecule has 0 unspecified atom stereocenters. The van der Waals surface area contributed by atoms with E-state index < -0.39 is 30.6 Å². The number of nitriles is 1. The molecule has 0 spiro atoms. The zero-order valence-electron chi connectivity index (χ0n) is 19.0. The van der Waals surface area contributed by atoms with Gasteiger partial charge in [0.2, 0.25) is 0 Å². The van der Waals surface area contributed by atoms with Crippen LogP contribution in [0.4, 0.5) is 4.39 Å². The van der Waals surface area contributed by atoms with Crippen LogP contribution in [0.2, 0.25) is 5.02 Å². The summed E-state index contributed by atoms with van der Waals surface area (Å²) in [5.74, 6) is -1.10. The van der Waals surface area contributed by atoms with Gasteiger partial charge in [0.25, 0.3) is 11.8 Å². The number of likely N-dealkylation sites (tertiary alicyclic amines) is 1. The highest BCUT2D eigenvalue weighted by atomic mass is 35.5. The zero-order chi connectivity index (χ0) is 25.4. The minimum atomic E-state index is -0.848. The number of carbonyl (C=O) groups excluding carboxylic acids is 2. The van der Waals surface area contributed by atoms with E-state index in [1.54, 1.807) is 17.0 Å². The molecule has 186 valence electrons. The zero-order valence-corrected chi connectivity index (χ0v) is 19.8. The third kappa shape index (κ3) is 6.92. The van der Waals surface area contributed by atoms with Crippen LogP contribution in [0.5, 0.6) is 5.75 Å². The SMILES string of the molecule is N#CC1(Cc2ccc(F)cc2)CCN(C(=O)COc2ccc(Cl)cc2C(=O)NC(CO)CO)CC1. The van der Waals surface area contributed by atoms with E-state index in [9.17, 15) is 29.5 Å². The minimum absolute atomic E-state index is 0.0682. The molecule has 0 bridgehead atoms. The van der Waals surface area contributed by atoms with Crippen molar-refractivity contribution in [2.75, 3.05) is 32.9 Å². The van der Waals surface area contributed by atoms with E-state index >= 15 is 0 Å². The summed E-state index contributed by atoms with van der Waals surface area (Å²) in [6, 6.07) is 12.0. The van der Waals surface area contributed by atoms with Gasteiger partial charge in [-0.25, -0.2) is 4.39 Å². The van der Waals surface area contributed by atoms with Gasteiger partial charge < -0.3 is 25.2 Å². The van der Waals surface area contributed by atoms with Crippen LogP contribution in [0.1, 0.15) is 28.8 Å². The van der Waals surface area contributed by atoms with Crippen molar-refractivity contribution in [3.63, 3.8) is 0 Å². The van der Waals surface area contributed by atoms with Gasteiger partial charge in [-0.2, -0.15) is 5.26 Å². The second-order valence-corrected chi connectivity index (χ2v) is 8.98. The van der Waals surface area contributed by atoms with E-state index in [4.69, 9.17) is 16.3 Å². The number of amides is 2. The number of benzene rings is 2. The van der Waals surface area contributed by atoms with Crippen molar-refractivity contribution in [2.24, 2.45) is 5.41 Å². The topological polar surface area (TPSA) is 123 Å². The molecule has 3 N–H and O–H groups in total. The van der Waals surface area contributed by atoms with E-state index in [1.165, 1.54) is 30.3 Å². The number of hydrogen-bond acceptors (Lipinski definition) is 6. The third-order valence-electron chi connectivity index (χ3n) is 6.08. The Hall–Kier alpha value is -3.19. The fourth-order valence-electron chi connectivity index (χ4n) is 3.95. The van der Waals surface area contributed by atoms with Crippen LogP contribution < -0.4 is 10.1 Å². The quantitative estimate of drug-likeness (QED) is 0.482. The lowest BCUT2D eigenvalue weighted by molar-refractivity contribution is -0.135. The van der Waals surface area contributed by atoms with E-state index in [1.807, 2.05) is 0 Å². The van der Waals surface area contributed by atoms with Gasteiger partial charge >= 0.3 is 0 Å². The van der Waals surface area contributed by atoms with Gasteiger partial charge in [-0.3, -0.25) is 9.59 Å². The Morgan fingerprint density at radius 1 is 1.17 bits per heavy atom. The first-order valence-electron chi connectivity index (χ1n) is 11.2. The largest absolute Gasteiger partial charge is 0.483 e. The van der Waals surface area contributed by atoms with Gasteiger partial charge in [-0.05, 0) is 55.2 Å². The summed E-state index contributed by atoms with van der Waals surface area (Å²) in [7, 11) is 0. The summed E-state index contributed by atoms with van der Waals surface area (Å²) >= 11 is 6.00. The Labute approximate surface area is 207 Å². The number of nitrogens with zero attached hydrogens (tertiary/aromatic N) is 2. The van der Waals surface area contributed by atoms with Gasteiger partial charge in [-0.15, -0.1) is 0 Å². The molecule has 35 heavy (non-hydrogen) atoms. The van der Waals surface area contributed by atoms with Gasteiger partial charge in [0.1, 0.15) is 11.6 Å². The molecule has 1 aliphatic rings. The summed E-state index contributed by atoms with van der Waals surface area (Å²) < 4.78 is 18.8. The summed E-state index contributed by atoms with van der Waals surface area (Å²) in [4.78, 5) is 26.9. The number of rotatable bonds is 9. The van der Waals surface area contributed by atoms with Crippen LogP contribution in [0.3, 0.4) is 0 Å². The number of nitrogens with one attached hydrogen (secondary N) is 1. The Morgan fingerprint density at radius 3 is 2.43 bits per heavy atom. The second-order valence-electron chi connectivity index (χ2n) is 8.54. The predicted molar refractivity (Wildman–Crippen MR) is 126 cm³/mol. The van der Waals surface area contributed by atoms with Crippen LogP contribution in [0.15, 0.2) is 42.5 Å². The second kappa shape index (κ2) is 12.0. The number of ether oxygens (including phenoxy) is 1. The summed E-state index contributed by atoms with van der Waals surface area (Å²) in [6.07, 6.45) is 1.43. The maximum atomic E-state index is 13.2. The lowest BCUT2D eigenvalue weighted by Gasteiger charge is -2.37. The van der Waals surface area contributed by atoms with Crippen molar-refractivity contribution < 1.29 is 28.9 Å². The van der Waals surface area contributed by atoms with E-state index in [2.05, 4.69) is 11.4 Å². The number of aliphatic hydroxyl groups excluding tert-OH is 2. The van der Waals surface area contributed by atoms with E-state index in [0.29, 0.717) is 32.4 Å². The number of carbonyl (C=O) groups is 2. The van der Waals surface area contributed by atoms with Crippen LogP contribution in [-0.4, -0.2) is 65.9 Å². The van der Waals surface area contributed by atoms with Gasteiger partial charge in [0.05, 0.1) is 36.3 Å². The summed E-state index contributed by atoms with van der Waals surface area (Å²) in [5, 5.41) is 30.9. The van der Waals surface area contributed by atoms with Crippen molar-refractivity contribution in [1.29, 1.82) is 5.26 Å². The highest BCUT2D eigenvalue weighted by molar-refractivity contribution is 6.31. The van der Waals surface area contributed by atoms with Crippen molar-refractivity contribution in [1.82, 2.24) is 10.2 Å². The van der Waals surface area contributed by atoms with Crippen LogP contribution in [-0.2, 0) is 11.2 Å². The van der Waals surface area contributed by atoms with Crippen LogP contribution >= 0.6 is 11.6 Å². The molecular weight excluding hydrogens is 477 g/mol. The van der Waals surface area contributed by atoms with Crippen LogP contribution in [0.25, 0.3) is 0 Å². The third-order valence-corrected chi connectivity index (χ3v) is 6.31. The molecule has 8 nitrogen and oxygen atoms in total. The van der Waals surface area contributed by atoms with Crippen molar-refractivity contribution >= 4 is 23.4 Å². The monoisotopic (exact) mass is 503 g/mol. The Kier molecular flexibility index (Phi) is 9.04. The van der Waals surface area contributed by atoms with Crippen molar-refractivity contribution in [3.05, 3.63) is 64.4 Å². The lowest BCUT2D eigenvalue weighted by atomic mass is 9.75. The average Bonchev–Trinajstić information content (AvgIpc) is 2.88. The minimum Gasteiger partial charge on any atom is -0.483 e. The van der Waals surface area contributed by atoms with E-state index in [0.717, 1.165) is 5.56 Å². The average molecular weight is 504 g/mol. The molecule has 0 aliphatic carbocycles. The first kappa shape index (κ1) is 26.4. The Balaban J connectivity index is 1.59. The molecule has 0 aromatic heterocycles. The molecule has 1 heterocycles. The lowest BCUT2D eigenvalue weighted by Crippen LogP contribution is -2.45. The van der Waals surface area contributed by atoms with Gasteiger partial charge in [-0.1, -0.05) is 23.7 Å². The fourth-order valence-corrected chi connectivity index (χ4v) is 4.13. The van der Waals surface area contributed by atoms with Gasteiger partial charge in [0.15, 0.2) is 6.61 Å². The fraction of sp³-hybridized carbons (Fsp3) is 0.400. The molecule has 2 amide bonds. The molecule has 10 heteroatoms. The number of piperidine rings is 1. The molecule has 3 rings (SSSR count). The maximum absolute atomic E-state index is 13.2. The highest BCUT2D eigenvalue weighted by Gasteiger charge is 2.36. The Morgan fingerprint density at radius 2 is 1.83 bits per heavy atom. The number of hydrogen-bond donors (Lipinski definition) is 3. The molecule has 1 fully saturated rings. The van der Waals surface area contributed by atoms with E-state index in [-0.39, 0.29) is 34.7 Å². The molecule has 1 aliphatic heterocycles. The van der Waals surface area contributed by atoms with Crippen LogP contribution in [0, 0.1) is 22.6 Å². The van der Waals surface area contributed by atoms with Crippen molar-refractivity contribution in [3.8, 4) is 11.8 Å². The summed E-state index contributed by atoms with van der Waals surface area (Å²) in [6.45, 7) is -0.461. The number of aliphatic hydroxyl groups is 2. The standard InChI is InChI=1S/C25H27ClFN3O5/c26-18-3-6-22(21(11-18)24(34)29-20(13-31)14-32)35-15-23(33)30-9-7-25(16-28,8-10-30)12-17-1-4-19(27)5-2-17/h1-6,11,20,31-32H,7-10,12-15H2,(H,29,34). The molecule has 1 saturated heterocycles. The predicted octanol–water partition coefficient (Wildman–Crippen LogP) is 2.32. The molecule has 0 saturated carbocycles. The highest BCUT2D eigenvalue weighted by Crippen LogP contribution is 2.34. The maximum Gasteiger partial charge on any atom is 0.260 e. The number of halogens is 2. The smallest absolute Gasteiger partial charge is 0.260 e. The molecule has 2 aromatic carbocycles. The van der Waals surface area contributed by atoms with Crippen molar-refractivity contribution in [2.45, 2.75) is 25.3 Å². The summed E-state index contributed by atoms with van der Waals surface area (Å²) in [5.41, 5.74) is 0.306. The normalized spacial score (nSPS) is 14.9. The molecule has 2 aromatic rings. The molecule has 0 atom stereocenters. The molecule has 0 radical (unpaired) electrons. The first-order valence-corrected chi connectivity index (χ1v) is 11.6. The first-order chi connectivity index (χ1) is 16.8.